The van der Waals surface area contributed by atoms with Crippen LogP contribution in [0.25, 0.3) is 5.65 Å². The highest BCUT2D eigenvalue weighted by atomic mass is 16.5. The molecule has 0 radical (unpaired) electrons. The van der Waals surface area contributed by atoms with Crippen molar-refractivity contribution in [3.8, 4) is 11.5 Å². The second kappa shape index (κ2) is 9.13. The van der Waals surface area contributed by atoms with Gasteiger partial charge in [-0.25, -0.2) is 4.98 Å². The Balaban J connectivity index is 1.33. The minimum Gasteiger partial charge on any atom is -0.487 e. The lowest BCUT2D eigenvalue weighted by molar-refractivity contribution is -0.118. The number of anilines is 1. The lowest BCUT2D eigenvalue weighted by Crippen LogP contribution is -2.20. The van der Waals surface area contributed by atoms with E-state index >= 15 is 0 Å². The van der Waals surface area contributed by atoms with E-state index in [2.05, 4.69) is 10.3 Å². The first-order valence-corrected chi connectivity index (χ1v) is 9.77. The molecule has 31 heavy (non-hydrogen) atoms. The highest BCUT2D eigenvalue weighted by Gasteiger charge is 2.07. The maximum absolute atomic E-state index is 12.3. The van der Waals surface area contributed by atoms with E-state index in [-0.39, 0.29) is 24.7 Å². The Morgan fingerprint density at radius 1 is 0.968 bits per heavy atom. The van der Waals surface area contributed by atoms with E-state index in [0.717, 1.165) is 5.56 Å². The number of nitrogens with one attached hydrogen (secondary N) is 1. The van der Waals surface area contributed by atoms with E-state index < -0.39 is 0 Å². The number of amides is 1. The largest absolute Gasteiger partial charge is 0.487 e. The summed E-state index contributed by atoms with van der Waals surface area (Å²) in [4.78, 5) is 28.8. The zero-order valence-electron chi connectivity index (χ0n) is 16.9. The molecule has 2 heterocycles. The van der Waals surface area contributed by atoms with Crippen molar-refractivity contribution in [3.63, 3.8) is 0 Å². The molecule has 156 valence electrons. The first-order chi connectivity index (χ1) is 15.1. The standard InChI is InChI=1S/C24H21N3O4/c1-17-6-5-13-27-23(29)14-19(26-24(17)27)15-30-21-11-9-18(10-12-21)25-22(28)16-31-20-7-3-2-4-8-20/h2-14H,15-16H2,1H3,(H,25,28). The Bertz CT molecular complexity index is 1250. The van der Waals surface area contributed by atoms with Crippen molar-refractivity contribution in [3.05, 3.63) is 101 Å². The van der Waals surface area contributed by atoms with Crippen molar-refractivity contribution in [2.24, 2.45) is 0 Å². The van der Waals surface area contributed by atoms with E-state index in [4.69, 9.17) is 9.47 Å². The number of hydrogen-bond donors (Lipinski definition) is 1. The fourth-order valence-corrected chi connectivity index (χ4v) is 3.04. The molecule has 0 unspecified atom stereocenters. The average Bonchev–Trinajstić information content (AvgIpc) is 2.79. The number of carbonyl (C=O) groups is 1. The van der Waals surface area contributed by atoms with Crippen LogP contribution < -0.4 is 20.3 Å². The van der Waals surface area contributed by atoms with Gasteiger partial charge in [-0.3, -0.25) is 14.0 Å². The number of pyridine rings is 1. The molecule has 0 atom stereocenters. The maximum Gasteiger partial charge on any atom is 0.262 e. The predicted octanol–water partition coefficient (Wildman–Crippen LogP) is 3.60. The van der Waals surface area contributed by atoms with Gasteiger partial charge in [-0.1, -0.05) is 24.3 Å². The van der Waals surface area contributed by atoms with E-state index in [9.17, 15) is 9.59 Å². The Kier molecular flexibility index (Phi) is 5.93. The first-order valence-electron chi connectivity index (χ1n) is 9.77. The number of benzene rings is 2. The third-order valence-electron chi connectivity index (χ3n) is 4.58. The highest BCUT2D eigenvalue weighted by Crippen LogP contribution is 2.17. The van der Waals surface area contributed by atoms with Gasteiger partial charge in [0.2, 0.25) is 0 Å². The molecule has 0 fully saturated rings. The highest BCUT2D eigenvalue weighted by molar-refractivity contribution is 5.91. The van der Waals surface area contributed by atoms with Gasteiger partial charge in [0.1, 0.15) is 23.8 Å². The summed E-state index contributed by atoms with van der Waals surface area (Å²) in [7, 11) is 0. The molecular formula is C24H21N3O4. The Hall–Kier alpha value is -4.13. The van der Waals surface area contributed by atoms with Crippen LogP contribution in [0.3, 0.4) is 0 Å². The van der Waals surface area contributed by atoms with Crippen molar-refractivity contribution in [2.45, 2.75) is 13.5 Å². The summed E-state index contributed by atoms with van der Waals surface area (Å²) < 4.78 is 12.7. The van der Waals surface area contributed by atoms with Crippen LogP contribution in [0.15, 0.2) is 83.8 Å². The van der Waals surface area contributed by atoms with E-state index in [1.165, 1.54) is 10.5 Å². The number of hydrogen-bond acceptors (Lipinski definition) is 5. The summed E-state index contributed by atoms with van der Waals surface area (Å²) in [5.41, 5.74) is 2.56. The van der Waals surface area contributed by atoms with Crippen molar-refractivity contribution < 1.29 is 14.3 Å². The molecule has 1 N–H and O–H groups in total. The summed E-state index contributed by atoms with van der Waals surface area (Å²) in [5.74, 6) is 0.984. The fraction of sp³-hybridized carbons (Fsp3) is 0.125. The van der Waals surface area contributed by atoms with Crippen LogP contribution in [-0.4, -0.2) is 21.9 Å². The van der Waals surface area contributed by atoms with Gasteiger partial charge in [-0.15, -0.1) is 0 Å². The van der Waals surface area contributed by atoms with Crippen molar-refractivity contribution in [2.75, 3.05) is 11.9 Å². The molecular weight excluding hydrogens is 394 g/mol. The molecule has 0 aliphatic carbocycles. The van der Waals surface area contributed by atoms with E-state index in [0.29, 0.717) is 28.5 Å². The van der Waals surface area contributed by atoms with Crippen molar-refractivity contribution in [1.82, 2.24) is 9.38 Å². The van der Waals surface area contributed by atoms with Crippen LogP contribution >= 0.6 is 0 Å². The number of carbonyl (C=O) groups excluding carboxylic acids is 1. The summed E-state index contributed by atoms with van der Waals surface area (Å²) in [5, 5.41) is 2.77. The maximum atomic E-state index is 12.3. The molecule has 0 aliphatic heterocycles. The molecule has 4 aromatic rings. The SMILES string of the molecule is Cc1cccn2c(=O)cc(COc3ccc(NC(=O)COc4ccccc4)cc3)nc12. The molecule has 0 aliphatic rings. The molecule has 0 spiro atoms. The van der Waals surface area contributed by atoms with Crippen LogP contribution in [0, 0.1) is 6.92 Å². The second-order valence-electron chi connectivity index (χ2n) is 6.93. The van der Waals surface area contributed by atoms with Crippen LogP contribution in [0.4, 0.5) is 5.69 Å². The number of fused-ring (bicyclic) bond motifs is 1. The summed E-state index contributed by atoms with van der Waals surface area (Å²) in [6.07, 6.45) is 1.69. The van der Waals surface area contributed by atoms with E-state index in [1.54, 1.807) is 42.6 Å². The van der Waals surface area contributed by atoms with Crippen LogP contribution in [0.2, 0.25) is 0 Å². The van der Waals surface area contributed by atoms with Gasteiger partial charge < -0.3 is 14.8 Å². The van der Waals surface area contributed by atoms with Gasteiger partial charge in [0, 0.05) is 18.0 Å². The van der Waals surface area contributed by atoms with Gasteiger partial charge in [0.25, 0.3) is 11.5 Å². The average molecular weight is 415 g/mol. The molecule has 1 amide bonds. The topological polar surface area (TPSA) is 81.9 Å². The molecule has 2 aromatic carbocycles. The molecule has 7 heteroatoms. The van der Waals surface area contributed by atoms with Gasteiger partial charge in [-0.05, 0) is 55.0 Å². The van der Waals surface area contributed by atoms with E-state index in [1.807, 2.05) is 37.3 Å². The van der Waals surface area contributed by atoms with Gasteiger partial charge in [0.15, 0.2) is 6.61 Å². The molecule has 0 bridgehead atoms. The monoisotopic (exact) mass is 415 g/mol. The fourth-order valence-electron chi connectivity index (χ4n) is 3.04. The number of aromatic nitrogens is 2. The molecule has 0 saturated heterocycles. The summed E-state index contributed by atoms with van der Waals surface area (Å²) in [6, 6.07) is 21.3. The van der Waals surface area contributed by atoms with Gasteiger partial charge in [0.05, 0.1) is 5.69 Å². The minimum atomic E-state index is -0.256. The van der Waals surface area contributed by atoms with Crippen LogP contribution in [-0.2, 0) is 11.4 Å². The molecule has 4 rings (SSSR count). The van der Waals surface area contributed by atoms with Crippen molar-refractivity contribution >= 4 is 17.2 Å². The first kappa shape index (κ1) is 20.2. The smallest absolute Gasteiger partial charge is 0.262 e. The number of aryl methyl sites for hydroxylation is 1. The Morgan fingerprint density at radius 2 is 1.71 bits per heavy atom. The summed E-state index contributed by atoms with van der Waals surface area (Å²) >= 11 is 0. The Labute approximate surface area is 178 Å². The number of rotatable bonds is 7. The third kappa shape index (κ3) is 5.08. The van der Waals surface area contributed by atoms with Gasteiger partial charge >= 0.3 is 0 Å². The number of ether oxygens (including phenoxy) is 2. The number of para-hydroxylation sites is 1. The summed E-state index contributed by atoms with van der Waals surface area (Å²) in [6.45, 7) is 1.99. The van der Waals surface area contributed by atoms with Crippen LogP contribution in [0.5, 0.6) is 11.5 Å². The molecule has 7 nitrogen and oxygen atoms in total. The molecule has 2 aromatic heterocycles. The number of nitrogens with zero attached hydrogens (tertiary/aromatic N) is 2. The third-order valence-corrected chi connectivity index (χ3v) is 4.58. The zero-order chi connectivity index (χ0) is 21.6. The quantitative estimate of drug-likeness (QED) is 0.499. The lowest BCUT2D eigenvalue weighted by Gasteiger charge is -2.10. The van der Waals surface area contributed by atoms with Crippen LogP contribution in [0.1, 0.15) is 11.3 Å². The molecule has 0 saturated carbocycles. The lowest BCUT2D eigenvalue weighted by atomic mass is 10.3. The normalized spacial score (nSPS) is 10.6. The van der Waals surface area contributed by atoms with Crippen molar-refractivity contribution in [1.29, 1.82) is 0 Å². The Morgan fingerprint density at radius 3 is 2.48 bits per heavy atom. The zero-order valence-corrected chi connectivity index (χ0v) is 16.9. The predicted molar refractivity (Wildman–Crippen MR) is 118 cm³/mol. The second-order valence-corrected chi connectivity index (χ2v) is 6.93. The minimum absolute atomic E-state index is 0.0785. The van der Waals surface area contributed by atoms with Gasteiger partial charge in [-0.2, -0.15) is 0 Å².